The van der Waals surface area contributed by atoms with Gasteiger partial charge in [0.1, 0.15) is 5.75 Å². The Labute approximate surface area is 214 Å². The molecule has 1 atom stereocenters. The van der Waals surface area contributed by atoms with Crippen molar-refractivity contribution in [3.63, 3.8) is 0 Å². The lowest BCUT2D eigenvalue weighted by atomic mass is 9.87. The molecule has 0 saturated carbocycles. The Bertz CT molecular complexity index is 1060. The summed E-state index contributed by atoms with van der Waals surface area (Å²) in [6.07, 6.45) is 4.13. The van der Waals surface area contributed by atoms with Crippen LogP contribution in [0.15, 0.2) is 66.7 Å². The first kappa shape index (κ1) is 27.2. The van der Waals surface area contributed by atoms with Gasteiger partial charge in [0.05, 0.1) is 25.4 Å². The number of halogens is 1. The minimum Gasteiger partial charge on any atom is -0.494 e. The molecule has 0 bridgehead atoms. The number of aliphatic hydroxyl groups excluding tert-OH is 2. The third-order valence-corrected chi connectivity index (χ3v) is 7.04. The Morgan fingerprint density at radius 1 is 0.914 bits per heavy atom. The summed E-state index contributed by atoms with van der Waals surface area (Å²) in [5, 5.41) is 19.5. The van der Waals surface area contributed by atoms with Gasteiger partial charge >= 0.3 is 0 Å². The number of benzene rings is 3. The Morgan fingerprint density at radius 3 is 2.29 bits per heavy atom. The quantitative estimate of drug-likeness (QED) is 0.264. The predicted octanol–water partition coefficient (Wildman–Crippen LogP) is 5.76. The second kappa shape index (κ2) is 13.1. The SMILES string of the molecule is Cc1ccc(CC(CCCOc2ccc(CCC(N)(CO)CO)cc2)c2cccc(Cl)c2)cc1C. The van der Waals surface area contributed by atoms with Crippen LogP contribution in [0, 0.1) is 13.8 Å². The van der Waals surface area contributed by atoms with Crippen LogP contribution in [0.2, 0.25) is 5.02 Å². The molecule has 4 nitrogen and oxygen atoms in total. The van der Waals surface area contributed by atoms with Crippen molar-refractivity contribution in [2.75, 3.05) is 19.8 Å². The average Bonchev–Trinajstić information content (AvgIpc) is 2.87. The van der Waals surface area contributed by atoms with Crippen LogP contribution in [0.1, 0.15) is 53.0 Å². The zero-order valence-electron chi connectivity index (χ0n) is 20.8. The summed E-state index contributed by atoms with van der Waals surface area (Å²) < 4.78 is 6.01. The summed E-state index contributed by atoms with van der Waals surface area (Å²) in [6.45, 7) is 4.49. The molecule has 0 aromatic heterocycles. The minimum atomic E-state index is -0.939. The van der Waals surface area contributed by atoms with Gasteiger partial charge < -0.3 is 20.7 Å². The Hall–Kier alpha value is -2.37. The molecule has 0 aliphatic heterocycles. The van der Waals surface area contributed by atoms with Gasteiger partial charge in [-0.1, -0.05) is 54.1 Å². The molecule has 0 amide bonds. The molecule has 0 aliphatic rings. The van der Waals surface area contributed by atoms with Crippen molar-refractivity contribution in [2.24, 2.45) is 5.73 Å². The molecule has 4 N–H and O–H groups in total. The molecular formula is C30H38ClNO3. The summed E-state index contributed by atoms with van der Waals surface area (Å²) in [5.74, 6) is 1.21. The van der Waals surface area contributed by atoms with Crippen molar-refractivity contribution in [1.82, 2.24) is 0 Å². The van der Waals surface area contributed by atoms with Gasteiger partial charge in [0.2, 0.25) is 0 Å². The van der Waals surface area contributed by atoms with E-state index in [4.69, 9.17) is 22.1 Å². The number of ether oxygens (including phenoxy) is 1. The van der Waals surface area contributed by atoms with E-state index < -0.39 is 5.54 Å². The highest BCUT2D eigenvalue weighted by atomic mass is 35.5. The maximum Gasteiger partial charge on any atom is 0.119 e. The van der Waals surface area contributed by atoms with E-state index in [2.05, 4.69) is 44.2 Å². The molecule has 188 valence electrons. The predicted molar refractivity (Wildman–Crippen MR) is 144 cm³/mol. The van der Waals surface area contributed by atoms with Crippen LogP contribution in [0.5, 0.6) is 5.75 Å². The van der Waals surface area contributed by atoms with E-state index in [1.807, 2.05) is 36.4 Å². The molecule has 0 fully saturated rings. The standard InChI is InChI=1S/C30H38ClNO3/c1-22-8-9-25(17-23(22)2)18-26(27-5-3-7-28(31)19-27)6-4-16-35-29-12-10-24(11-13-29)14-15-30(32,20-33)21-34/h3,5,7-13,17,19,26,33-34H,4,6,14-16,18,20-21,32H2,1-2H3. The van der Waals surface area contributed by atoms with Gasteiger partial charge in [-0.25, -0.2) is 0 Å². The van der Waals surface area contributed by atoms with Crippen molar-refractivity contribution in [3.05, 3.63) is 99.6 Å². The molecule has 3 aromatic carbocycles. The summed E-state index contributed by atoms with van der Waals surface area (Å²) in [6, 6.07) is 22.9. The lowest BCUT2D eigenvalue weighted by molar-refractivity contribution is 0.115. The average molecular weight is 496 g/mol. The van der Waals surface area contributed by atoms with E-state index in [1.54, 1.807) is 0 Å². The van der Waals surface area contributed by atoms with Gasteiger partial charge in [-0.2, -0.15) is 0 Å². The maximum absolute atomic E-state index is 9.35. The van der Waals surface area contributed by atoms with E-state index in [1.165, 1.54) is 22.3 Å². The third kappa shape index (κ3) is 8.36. The molecule has 0 radical (unpaired) electrons. The second-order valence-electron chi connectivity index (χ2n) is 9.69. The summed E-state index contributed by atoms with van der Waals surface area (Å²) >= 11 is 6.30. The maximum atomic E-state index is 9.35. The number of hydrogen-bond acceptors (Lipinski definition) is 4. The van der Waals surface area contributed by atoms with Crippen molar-refractivity contribution in [1.29, 1.82) is 0 Å². The topological polar surface area (TPSA) is 75.7 Å². The van der Waals surface area contributed by atoms with Gasteiger partial charge in [-0.15, -0.1) is 0 Å². The fourth-order valence-electron chi connectivity index (χ4n) is 4.24. The molecule has 1 unspecified atom stereocenters. The zero-order chi connectivity index (χ0) is 25.3. The fraction of sp³-hybridized carbons (Fsp3) is 0.400. The van der Waals surface area contributed by atoms with Gasteiger partial charge in [0.25, 0.3) is 0 Å². The van der Waals surface area contributed by atoms with Crippen LogP contribution in [0.4, 0.5) is 0 Å². The molecule has 35 heavy (non-hydrogen) atoms. The highest BCUT2D eigenvalue weighted by Crippen LogP contribution is 2.29. The second-order valence-corrected chi connectivity index (χ2v) is 10.1. The van der Waals surface area contributed by atoms with Crippen LogP contribution in [-0.4, -0.2) is 35.6 Å². The number of aliphatic hydroxyl groups is 2. The smallest absolute Gasteiger partial charge is 0.119 e. The first-order valence-corrected chi connectivity index (χ1v) is 12.7. The monoisotopic (exact) mass is 495 g/mol. The summed E-state index contributed by atoms with van der Waals surface area (Å²) in [4.78, 5) is 0. The van der Waals surface area contributed by atoms with Crippen molar-refractivity contribution in [3.8, 4) is 5.75 Å². The first-order chi connectivity index (χ1) is 16.8. The van der Waals surface area contributed by atoms with Gasteiger partial charge in [-0.05, 0) is 104 Å². The number of nitrogens with two attached hydrogens (primary N) is 1. The molecule has 0 spiro atoms. The molecule has 0 saturated heterocycles. The van der Waals surface area contributed by atoms with E-state index >= 15 is 0 Å². The Morgan fingerprint density at radius 2 is 1.63 bits per heavy atom. The molecule has 0 heterocycles. The van der Waals surface area contributed by atoms with Crippen molar-refractivity contribution in [2.45, 2.75) is 57.4 Å². The largest absolute Gasteiger partial charge is 0.494 e. The van der Waals surface area contributed by atoms with Crippen molar-refractivity contribution >= 4 is 11.6 Å². The third-order valence-electron chi connectivity index (χ3n) is 6.80. The number of rotatable bonds is 13. The first-order valence-electron chi connectivity index (χ1n) is 12.4. The minimum absolute atomic E-state index is 0.232. The lowest BCUT2D eigenvalue weighted by Gasteiger charge is -2.24. The van der Waals surface area contributed by atoms with Crippen LogP contribution in [0.25, 0.3) is 0 Å². The van der Waals surface area contributed by atoms with Gasteiger partial charge in [-0.3, -0.25) is 0 Å². The van der Waals surface area contributed by atoms with Crippen molar-refractivity contribution < 1.29 is 14.9 Å². The lowest BCUT2D eigenvalue weighted by Crippen LogP contribution is -2.47. The zero-order valence-corrected chi connectivity index (χ0v) is 21.6. The van der Waals surface area contributed by atoms with Gasteiger partial charge in [0, 0.05) is 5.02 Å². The summed E-state index contributed by atoms with van der Waals surface area (Å²) in [5.41, 5.74) is 11.4. The number of hydrogen-bond donors (Lipinski definition) is 3. The fourth-order valence-corrected chi connectivity index (χ4v) is 4.43. The van der Waals surface area contributed by atoms with Crippen LogP contribution < -0.4 is 10.5 Å². The highest BCUT2D eigenvalue weighted by Gasteiger charge is 2.22. The Balaban J connectivity index is 1.54. The normalized spacial score (nSPS) is 12.5. The Kier molecular flexibility index (Phi) is 10.2. The van der Waals surface area contributed by atoms with Crippen LogP contribution >= 0.6 is 11.6 Å². The summed E-state index contributed by atoms with van der Waals surface area (Å²) in [7, 11) is 0. The molecule has 3 rings (SSSR count). The molecule has 0 aliphatic carbocycles. The molecular weight excluding hydrogens is 458 g/mol. The van der Waals surface area contributed by atoms with E-state index in [0.29, 0.717) is 25.4 Å². The van der Waals surface area contributed by atoms with E-state index in [0.717, 1.165) is 35.6 Å². The van der Waals surface area contributed by atoms with E-state index in [9.17, 15) is 10.2 Å². The van der Waals surface area contributed by atoms with Crippen LogP contribution in [-0.2, 0) is 12.8 Å². The van der Waals surface area contributed by atoms with Crippen LogP contribution in [0.3, 0.4) is 0 Å². The molecule has 5 heteroatoms. The number of aryl methyl sites for hydroxylation is 3. The van der Waals surface area contributed by atoms with Gasteiger partial charge in [0.15, 0.2) is 0 Å². The highest BCUT2D eigenvalue weighted by molar-refractivity contribution is 6.30. The molecule has 3 aromatic rings. The van der Waals surface area contributed by atoms with E-state index in [-0.39, 0.29) is 13.2 Å².